The molecule has 4 heteroatoms. The van der Waals surface area contributed by atoms with Gasteiger partial charge in [-0.15, -0.1) is 0 Å². The highest BCUT2D eigenvalue weighted by Crippen LogP contribution is 2.38. The molecule has 72 valence electrons. The number of isocyanates is 1. The van der Waals surface area contributed by atoms with E-state index in [0.29, 0.717) is 23.8 Å². The summed E-state index contributed by atoms with van der Waals surface area (Å²) in [6.45, 7) is 0.534. The molecule has 3 nitrogen and oxygen atoms in total. The molecular weight excluding hydrogens is 202 g/mol. The molecule has 1 aromatic carbocycles. The van der Waals surface area contributed by atoms with Crippen molar-refractivity contribution in [3.8, 4) is 5.75 Å². The Balaban J connectivity index is 2.49. The zero-order valence-corrected chi connectivity index (χ0v) is 8.12. The second-order valence-corrected chi connectivity index (χ2v) is 3.44. The van der Waals surface area contributed by atoms with Gasteiger partial charge in [-0.25, -0.2) is 4.79 Å². The van der Waals surface area contributed by atoms with Crippen LogP contribution in [0.2, 0.25) is 5.02 Å². The summed E-state index contributed by atoms with van der Waals surface area (Å²) in [7, 11) is 0. The fraction of sp³-hybridized carbons (Fsp3) is 0.300. The second kappa shape index (κ2) is 3.82. The number of carbonyl (C=O) groups excluding carboxylic acids is 1. The van der Waals surface area contributed by atoms with E-state index in [2.05, 4.69) is 4.99 Å². The van der Waals surface area contributed by atoms with Gasteiger partial charge in [-0.1, -0.05) is 23.7 Å². The molecule has 0 saturated carbocycles. The maximum Gasteiger partial charge on any atom is 0.235 e. The van der Waals surface area contributed by atoms with Gasteiger partial charge in [-0.05, 0) is 6.07 Å². The minimum atomic E-state index is -0.157. The summed E-state index contributed by atoms with van der Waals surface area (Å²) in [4.78, 5) is 13.9. The van der Waals surface area contributed by atoms with E-state index >= 15 is 0 Å². The fourth-order valence-corrected chi connectivity index (χ4v) is 1.80. The molecule has 0 radical (unpaired) electrons. The molecule has 0 aliphatic carbocycles. The van der Waals surface area contributed by atoms with Gasteiger partial charge in [0, 0.05) is 12.0 Å². The normalized spacial score (nSPS) is 19.1. The third-order valence-electron chi connectivity index (χ3n) is 2.20. The van der Waals surface area contributed by atoms with E-state index in [4.69, 9.17) is 16.3 Å². The minimum absolute atomic E-state index is 0.157. The maximum atomic E-state index is 10.2. The highest BCUT2D eigenvalue weighted by Gasteiger charge is 2.22. The zero-order chi connectivity index (χ0) is 9.97. The van der Waals surface area contributed by atoms with Gasteiger partial charge in [0.15, 0.2) is 0 Å². The zero-order valence-electron chi connectivity index (χ0n) is 7.37. The number of hydrogen-bond donors (Lipinski definition) is 0. The van der Waals surface area contributed by atoms with Crippen LogP contribution >= 0.6 is 11.6 Å². The molecule has 0 bridgehead atoms. The number of ether oxygens (including phenoxy) is 1. The predicted octanol–water partition coefficient (Wildman–Crippen LogP) is 2.50. The van der Waals surface area contributed by atoms with Crippen LogP contribution < -0.4 is 4.74 Å². The Morgan fingerprint density at radius 1 is 1.57 bits per heavy atom. The molecule has 0 fully saturated rings. The van der Waals surface area contributed by atoms with Crippen LogP contribution in [0.25, 0.3) is 0 Å². The standard InChI is InChI=1S/C10H8ClNO2/c11-8-3-1-2-7-9(12-6-13)4-5-14-10(7)8/h1-3,9H,4-5H2. The topological polar surface area (TPSA) is 38.7 Å². The molecule has 14 heavy (non-hydrogen) atoms. The highest BCUT2D eigenvalue weighted by molar-refractivity contribution is 6.32. The van der Waals surface area contributed by atoms with Crippen molar-refractivity contribution in [1.29, 1.82) is 0 Å². The lowest BCUT2D eigenvalue weighted by atomic mass is 10.0. The molecule has 1 atom stereocenters. The van der Waals surface area contributed by atoms with E-state index in [0.717, 1.165) is 5.56 Å². The number of rotatable bonds is 1. The second-order valence-electron chi connectivity index (χ2n) is 3.03. The van der Waals surface area contributed by atoms with Crippen molar-refractivity contribution < 1.29 is 9.53 Å². The van der Waals surface area contributed by atoms with Gasteiger partial charge in [0.05, 0.1) is 17.7 Å². The molecule has 0 amide bonds. The number of aliphatic imine (C=N–C) groups is 1. The van der Waals surface area contributed by atoms with Crippen molar-refractivity contribution in [3.05, 3.63) is 28.8 Å². The van der Waals surface area contributed by atoms with E-state index in [1.54, 1.807) is 12.1 Å². The quantitative estimate of drug-likeness (QED) is 0.527. The number of nitrogens with zero attached hydrogens (tertiary/aromatic N) is 1. The Labute approximate surface area is 86.4 Å². The molecule has 0 saturated heterocycles. The summed E-state index contributed by atoms with van der Waals surface area (Å²) >= 11 is 5.94. The first-order chi connectivity index (χ1) is 6.83. The van der Waals surface area contributed by atoms with Crippen molar-refractivity contribution in [2.75, 3.05) is 6.61 Å². The fourth-order valence-electron chi connectivity index (χ4n) is 1.57. The Morgan fingerprint density at radius 2 is 2.43 bits per heavy atom. The minimum Gasteiger partial charge on any atom is -0.492 e. The molecule has 1 heterocycles. The third kappa shape index (κ3) is 1.52. The Kier molecular flexibility index (Phi) is 2.53. The van der Waals surface area contributed by atoms with Gasteiger partial charge in [-0.3, -0.25) is 0 Å². The third-order valence-corrected chi connectivity index (χ3v) is 2.50. The average molecular weight is 210 g/mol. The Bertz CT molecular complexity index is 399. The SMILES string of the molecule is O=C=NC1CCOc2c(Cl)cccc21. The lowest BCUT2D eigenvalue weighted by molar-refractivity contribution is 0.269. The maximum absolute atomic E-state index is 10.2. The molecule has 2 rings (SSSR count). The first-order valence-corrected chi connectivity index (χ1v) is 4.69. The van der Waals surface area contributed by atoms with Crippen molar-refractivity contribution in [1.82, 2.24) is 0 Å². The predicted molar refractivity (Wildman–Crippen MR) is 52.4 cm³/mol. The van der Waals surface area contributed by atoms with Crippen LogP contribution in [0.5, 0.6) is 5.75 Å². The number of hydrogen-bond acceptors (Lipinski definition) is 3. The molecule has 1 aliphatic heterocycles. The van der Waals surface area contributed by atoms with Gasteiger partial charge in [0.2, 0.25) is 6.08 Å². The molecule has 1 unspecified atom stereocenters. The summed E-state index contributed by atoms with van der Waals surface area (Å²) in [6.07, 6.45) is 2.27. The number of para-hydroxylation sites is 1. The summed E-state index contributed by atoms with van der Waals surface area (Å²) in [5.41, 5.74) is 0.868. The van der Waals surface area contributed by atoms with Crippen molar-refractivity contribution in [3.63, 3.8) is 0 Å². The molecule has 0 N–H and O–H groups in total. The average Bonchev–Trinajstić information content (AvgIpc) is 2.20. The van der Waals surface area contributed by atoms with Crippen LogP contribution in [0.4, 0.5) is 0 Å². The van der Waals surface area contributed by atoms with E-state index in [1.807, 2.05) is 12.1 Å². The van der Waals surface area contributed by atoms with Crippen LogP contribution in [0.15, 0.2) is 23.2 Å². The van der Waals surface area contributed by atoms with E-state index in [1.165, 1.54) is 0 Å². The lowest BCUT2D eigenvalue weighted by Crippen LogP contribution is -2.12. The smallest absolute Gasteiger partial charge is 0.235 e. The van der Waals surface area contributed by atoms with Crippen LogP contribution in [0, 0.1) is 0 Å². The van der Waals surface area contributed by atoms with Crippen LogP contribution in [-0.4, -0.2) is 12.7 Å². The van der Waals surface area contributed by atoms with Gasteiger partial charge in [-0.2, -0.15) is 4.99 Å². The van der Waals surface area contributed by atoms with Crippen molar-refractivity contribution >= 4 is 17.7 Å². The number of benzene rings is 1. The van der Waals surface area contributed by atoms with Crippen molar-refractivity contribution in [2.45, 2.75) is 12.5 Å². The largest absolute Gasteiger partial charge is 0.492 e. The first-order valence-electron chi connectivity index (χ1n) is 4.31. The number of halogens is 1. The first kappa shape index (κ1) is 9.25. The Hall–Kier alpha value is -1.31. The van der Waals surface area contributed by atoms with E-state index < -0.39 is 0 Å². The molecule has 0 spiro atoms. The molecule has 0 aromatic heterocycles. The molecule has 1 aliphatic rings. The lowest BCUT2D eigenvalue weighted by Gasteiger charge is -2.22. The summed E-state index contributed by atoms with van der Waals surface area (Å²) in [5.74, 6) is 0.643. The van der Waals surface area contributed by atoms with E-state index in [9.17, 15) is 4.79 Å². The van der Waals surface area contributed by atoms with E-state index in [-0.39, 0.29) is 6.04 Å². The monoisotopic (exact) mass is 209 g/mol. The van der Waals surface area contributed by atoms with Crippen LogP contribution in [0.1, 0.15) is 18.0 Å². The number of fused-ring (bicyclic) bond motifs is 1. The van der Waals surface area contributed by atoms with Crippen molar-refractivity contribution in [2.24, 2.45) is 4.99 Å². The van der Waals surface area contributed by atoms with Crippen LogP contribution in [0.3, 0.4) is 0 Å². The van der Waals surface area contributed by atoms with Crippen LogP contribution in [-0.2, 0) is 4.79 Å². The highest BCUT2D eigenvalue weighted by atomic mass is 35.5. The van der Waals surface area contributed by atoms with Gasteiger partial charge >= 0.3 is 0 Å². The Morgan fingerprint density at radius 3 is 3.21 bits per heavy atom. The summed E-state index contributed by atoms with van der Waals surface area (Å²) < 4.78 is 5.41. The van der Waals surface area contributed by atoms with Gasteiger partial charge in [0.25, 0.3) is 0 Å². The van der Waals surface area contributed by atoms with Gasteiger partial charge < -0.3 is 4.74 Å². The molecule has 1 aromatic rings. The summed E-state index contributed by atoms with van der Waals surface area (Å²) in [5, 5.41) is 0.563. The van der Waals surface area contributed by atoms with Gasteiger partial charge in [0.1, 0.15) is 5.75 Å². The summed E-state index contributed by atoms with van der Waals surface area (Å²) in [6, 6.07) is 5.29. The molecular formula is C10H8ClNO2.